The molecule has 2 aromatic heterocycles. The number of carbonyl (C=O) groups is 1. The number of aryl methyl sites for hydroxylation is 2. The van der Waals surface area contributed by atoms with Crippen LogP contribution in [0.5, 0.6) is 11.5 Å². The Kier molecular flexibility index (Phi) is 6.51. The normalized spacial score (nSPS) is 11.3. The van der Waals surface area contributed by atoms with Gasteiger partial charge in [-0.25, -0.2) is 9.78 Å². The van der Waals surface area contributed by atoms with Crippen LogP contribution in [-0.2, 0) is 0 Å². The molecule has 0 aliphatic heterocycles. The highest BCUT2D eigenvalue weighted by molar-refractivity contribution is 5.95. The van der Waals surface area contributed by atoms with Crippen LogP contribution in [-0.4, -0.2) is 44.3 Å². The van der Waals surface area contributed by atoms with Gasteiger partial charge in [-0.1, -0.05) is 12.1 Å². The lowest BCUT2D eigenvalue weighted by atomic mass is 10.1. The van der Waals surface area contributed by atoms with Gasteiger partial charge in [0, 0.05) is 17.8 Å². The summed E-state index contributed by atoms with van der Waals surface area (Å²) in [7, 11) is 1.54. The number of rotatable bonds is 7. The second-order valence-corrected chi connectivity index (χ2v) is 7.66. The monoisotopic (exact) mass is 499 g/mol. The van der Waals surface area contributed by atoms with Crippen molar-refractivity contribution in [2.45, 2.75) is 20.2 Å². The fourth-order valence-corrected chi connectivity index (χ4v) is 3.42. The Morgan fingerprint density at radius 1 is 1.08 bits per heavy atom. The summed E-state index contributed by atoms with van der Waals surface area (Å²) in [5.41, 5.74) is 1.99. The highest BCUT2D eigenvalue weighted by Crippen LogP contribution is 2.32. The van der Waals surface area contributed by atoms with E-state index in [0.717, 1.165) is 12.1 Å². The molecule has 0 unspecified atom stereocenters. The van der Waals surface area contributed by atoms with Crippen LogP contribution in [0.1, 0.15) is 21.7 Å². The number of benzene rings is 2. The van der Waals surface area contributed by atoms with Crippen molar-refractivity contribution < 1.29 is 32.5 Å². The van der Waals surface area contributed by atoms with E-state index < -0.39 is 23.6 Å². The lowest BCUT2D eigenvalue weighted by molar-refractivity contribution is -0.274. The van der Waals surface area contributed by atoms with Crippen molar-refractivity contribution in [3.05, 3.63) is 71.7 Å². The number of halogens is 3. The lowest BCUT2D eigenvalue weighted by Gasteiger charge is -2.14. The van der Waals surface area contributed by atoms with Crippen LogP contribution >= 0.6 is 0 Å². The van der Waals surface area contributed by atoms with E-state index in [-0.39, 0.29) is 5.69 Å². The minimum absolute atomic E-state index is 0.0219. The maximum Gasteiger partial charge on any atom is 0.573 e. The number of hydrogen-bond donors (Lipinski definition) is 2. The molecule has 2 N–H and O–H groups in total. The molecule has 36 heavy (non-hydrogen) atoms. The summed E-state index contributed by atoms with van der Waals surface area (Å²) in [6, 6.07) is 11.8. The van der Waals surface area contributed by atoms with Gasteiger partial charge in [0.05, 0.1) is 35.4 Å². The van der Waals surface area contributed by atoms with Gasteiger partial charge in [-0.15, -0.1) is 13.2 Å². The quantitative estimate of drug-likeness (QED) is 0.353. The third kappa shape index (κ3) is 5.37. The van der Waals surface area contributed by atoms with E-state index >= 15 is 0 Å². The zero-order valence-electron chi connectivity index (χ0n) is 19.3. The second-order valence-electron chi connectivity index (χ2n) is 7.66. The predicted octanol–water partition coefficient (Wildman–Crippen LogP) is 5.30. The molecule has 4 aromatic rings. The van der Waals surface area contributed by atoms with Gasteiger partial charge in [-0.3, -0.25) is 4.98 Å². The molecule has 0 fully saturated rings. The molecule has 0 atom stereocenters. The molecule has 0 aliphatic rings. The second kappa shape index (κ2) is 9.56. The minimum atomic E-state index is -4.96. The van der Waals surface area contributed by atoms with Crippen molar-refractivity contribution in [3.63, 3.8) is 0 Å². The molecule has 186 valence electrons. The number of aromatic carboxylic acids is 1. The van der Waals surface area contributed by atoms with Crippen LogP contribution in [0.2, 0.25) is 0 Å². The van der Waals surface area contributed by atoms with Gasteiger partial charge in [0.2, 0.25) is 0 Å². The summed E-state index contributed by atoms with van der Waals surface area (Å²) in [4.78, 5) is 20.7. The predicted molar refractivity (Wildman–Crippen MR) is 124 cm³/mol. The molecule has 0 radical (unpaired) electrons. The van der Waals surface area contributed by atoms with Crippen LogP contribution in [0.25, 0.3) is 17.1 Å². The molecule has 4 rings (SSSR count). The first-order valence-corrected chi connectivity index (χ1v) is 10.5. The van der Waals surface area contributed by atoms with E-state index in [1.807, 2.05) is 6.07 Å². The number of ether oxygens (including phenoxy) is 2. The topological polar surface area (TPSA) is 111 Å². The Hall–Kier alpha value is -4.61. The highest BCUT2D eigenvalue weighted by Gasteiger charge is 2.31. The summed E-state index contributed by atoms with van der Waals surface area (Å²) < 4.78 is 48.5. The van der Waals surface area contributed by atoms with E-state index in [1.165, 1.54) is 17.9 Å². The maximum atomic E-state index is 12.6. The van der Waals surface area contributed by atoms with E-state index in [0.29, 0.717) is 40.0 Å². The maximum absolute atomic E-state index is 12.6. The Morgan fingerprint density at radius 2 is 1.86 bits per heavy atom. The summed E-state index contributed by atoms with van der Waals surface area (Å²) in [6.45, 7) is 3.50. The highest BCUT2D eigenvalue weighted by atomic mass is 19.4. The Balaban J connectivity index is 1.83. The molecule has 0 amide bonds. The smallest absolute Gasteiger partial charge is 0.497 e. The third-order valence-corrected chi connectivity index (χ3v) is 5.04. The van der Waals surface area contributed by atoms with Gasteiger partial charge in [0.25, 0.3) is 0 Å². The van der Waals surface area contributed by atoms with Crippen molar-refractivity contribution in [1.29, 1.82) is 0 Å². The summed E-state index contributed by atoms with van der Waals surface area (Å²) in [5, 5.41) is 17.2. The molecule has 0 saturated carbocycles. The number of methoxy groups -OCH3 is 1. The van der Waals surface area contributed by atoms with Gasteiger partial charge in [0.15, 0.2) is 5.82 Å². The Morgan fingerprint density at radius 3 is 2.56 bits per heavy atom. The number of nitrogens with zero attached hydrogens (tertiary/aromatic N) is 4. The molecule has 9 nitrogen and oxygen atoms in total. The Bertz CT molecular complexity index is 1440. The first kappa shape index (κ1) is 24.5. The van der Waals surface area contributed by atoms with Crippen LogP contribution in [0, 0.1) is 13.8 Å². The van der Waals surface area contributed by atoms with E-state index in [4.69, 9.17) is 4.74 Å². The number of anilines is 2. The van der Waals surface area contributed by atoms with Crippen molar-refractivity contribution in [3.8, 4) is 28.6 Å². The molecule has 0 aliphatic carbocycles. The van der Waals surface area contributed by atoms with Crippen LogP contribution in [0.15, 0.2) is 54.7 Å². The number of alkyl halides is 3. The zero-order valence-corrected chi connectivity index (χ0v) is 19.3. The number of hydrogen-bond acceptors (Lipinski definition) is 7. The molecule has 2 aromatic carbocycles. The van der Waals surface area contributed by atoms with E-state index in [9.17, 15) is 23.1 Å². The number of aromatic nitrogens is 4. The van der Waals surface area contributed by atoms with E-state index in [1.54, 1.807) is 44.3 Å². The number of carboxylic acid groups (broad SMARTS) is 1. The first-order chi connectivity index (χ1) is 17.0. The molecule has 12 heteroatoms. The van der Waals surface area contributed by atoms with Gasteiger partial charge >= 0.3 is 12.3 Å². The first-order valence-electron chi connectivity index (χ1n) is 10.5. The van der Waals surface area contributed by atoms with Gasteiger partial charge in [0.1, 0.15) is 17.3 Å². The molecular weight excluding hydrogens is 479 g/mol. The molecule has 0 bridgehead atoms. The van der Waals surface area contributed by atoms with Gasteiger partial charge in [-0.05, 0) is 44.2 Å². The zero-order chi connectivity index (χ0) is 26.0. The van der Waals surface area contributed by atoms with Gasteiger partial charge < -0.3 is 19.9 Å². The molecule has 2 heterocycles. The fraction of sp³-hybridized carbons (Fsp3) is 0.167. The van der Waals surface area contributed by atoms with Crippen LogP contribution < -0.4 is 14.8 Å². The van der Waals surface area contributed by atoms with Crippen LogP contribution in [0.4, 0.5) is 24.7 Å². The third-order valence-electron chi connectivity index (χ3n) is 5.04. The fourth-order valence-electron chi connectivity index (χ4n) is 3.42. The molecule has 0 spiro atoms. The van der Waals surface area contributed by atoms with Crippen molar-refractivity contribution >= 4 is 17.5 Å². The van der Waals surface area contributed by atoms with Crippen LogP contribution in [0.3, 0.4) is 0 Å². The van der Waals surface area contributed by atoms with Crippen molar-refractivity contribution in [1.82, 2.24) is 19.7 Å². The summed E-state index contributed by atoms with van der Waals surface area (Å²) >= 11 is 0. The average Bonchev–Trinajstić information content (AvgIpc) is 3.24. The van der Waals surface area contributed by atoms with Gasteiger partial charge in [-0.2, -0.15) is 9.78 Å². The lowest BCUT2D eigenvalue weighted by Crippen LogP contribution is -2.17. The standard InChI is InChI=1S/C24H20F3N5O4/c1-13-12-28-14(2)22(29-13)32-21(11-20(31-32)15-5-4-6-16(9-15)35-3)30-19-8-7-17(36-24(25,26)27)10-18(19)23(33)34/h4-12,30H,1-3H3,(H,33,34). The number of nitrogens with one attached hydrogen (secondary N) is 1. The largest absolute Gasteiger partial charge is 0.573 e. The van der Waals surface area contributed by atoms with Crippen molar-refractivity contribution in [2.75, 3.05) is 12.4 Å². The Labute approximate surface area is 203 Å². The average molecular weight is 499 g/mol. The van der Waals surface area contributed by atoms with E-state index in [2.05, 4.69) is 25.1 Å². The summed E-state index contributed by atoms with van der Waals surface area (Å²) in [6.07, 6.45) is -3.36. The SMILES string of the molecule is COc1cccc(-c2cc(Nc3ccc(OC(F)(F)F)cc3C(=O)O)n(-c3nc(C)cnc3C)n2)c1. The molecular formula is C24H20F3N5O4. The summed E-state index contributed by atoms with van der Waals surface area (Å²) in [5.74, 6) is -0.799. The number of carboxylic acids is 1. The van der Waals surface area contributed by atoms with Crippen molar-refractivity contribution in [2.24, 2.45) is 0 Å². The molecule has 0 saturated heterocycles. The minimum Gasteiger partial charge on any atom is -0.497 e.